The maximum absolute atomic E-state index is 11.0. The topological polar surface area (TPSA) is 127 Å². The van der Waals surface area contributed by atoms with E-state index >= 15 is 0 Å². The van der Waals surface area contributed by atoms with Gasteiger partial charge in [0.05, 0.1) is 6.61 Å². The van der Waals surface area contributed by atoms with Gasteiger partial charge < -0.3 is 30.3 Å². The van der Waals surface area contributed by atoms with E-state index in [9.17, 15) is 25.2 Å². The van der Waals surface area contributed by atoms with Crippen molar-refractivity contribution in [1.82, 2.24) is 0 Å². The number of aliphatic hydroxyl groups is 5. The first-order valence-corrected chi connectivity index (χ1v) is 5.17. The van der Waals surface area contributed by atoms with Gasteiger partial charge >= 0.3 is 0 Å². The second kappa shape index (κ2) is 4.57. The van der Waals surface area contributed by atoms with Gasteiger partial charge in [-0.25, -0.2) is 0 Å². The highest BCUT2D eigenvalue weighted by Gasteiger charge is 2.56. The lowest BCUT2D eigenvalue weighted by Crippen LogP contribution is -2.67. The monoisotopic (exact) mass is 334 g/mol. The van der Waals surface area contributed by atoms with Crippen LogP contribution in [-0.4, -0.2) is 66.1 Å². The lowest BCUT2D eigenvalue weighted by Gasteiger charge is -2.43. The molecule has 0 aromatic rings. The molecule has 5 atom stereocenters. The normalized spacial score (nSPS) is 46.5. The van der Waals surface area contributed by atoms with Gasteiger partial charge in [-0.2, -0.15) is 0 Å². The minimum atomic E-state index is -2.60. The third-order valence-corrected chi connectivity index (χ3v) is 3.02. The molecular weight excluding hydrogens is 323 g/mol. The molecular formula is C7H11IO7. The Hall–Kier alpha value is 0.160. The van der Waals surface area contributed by atoms with E-state index in [4.69, 9.17) is 5.11 Å². The summed E-state index contributed by atoms with van der Waals surface area (Å²) in [4.78, 5) is 11.0. The first-order valence-electron chi connectivity index (χ1n) is 4.09. The minimum absolute atomic E-state index is 0.697. The number of halogens is 1. The van der Waals surface area contributed by atoms with Gasteiger partial charge in [-0.05, 0) is 0 Å². The molecule has 7 nitrogen and oxygen atoms in total. The lowest BCUT2D eigenvalue weighted by atomic mass is 9.93. The number of carbonyl (C=O) groups is 1. The molecule has 1 heterocycles. The second-order valence-corrected chi connectivity index (χ2v) is 4.21. The number of rotatable bonds is 2. The van der Waals surface area contributed by atoms with E-state index in [2.05, 4.69) is 4.74 Å². The van der Waals surface area contributed by atoms with Crippen LogP contribution in [0.3, 0.4) is 0 Å². The molecule has 1 fully saturated rings. The maximum Gasteiger partial charge on any atom is 0.266 e. The zero-order chi connectivity index (χ0) is 11.8. The predicted molar refractivity (Wildman–Crippen MR) is 54.0 cm³/mol. The number of ether oxygens (including phenoxy) is 1. The molecule has 5 N–H and O–H groups in total. The first-order chi connectivity index (χ1) is 6.84. The minimum Gasteiger partial charge on any atom is -0.394 e. The van der Waals surface area contributed by atoms with Crippen LogP contribution in [0.5, 0.6) is 0 Å². The summed E-state index contributed by atoms with van der Waals surface area (Å²) in [5.41, 5.74) is 0. The van der Waals surface area contributed by atoms with Crippen LogP contribution in [0.1, 0.15) is 0 Å². The molecule has 0 aromatic carbocycles. The Morgan fingerprint density at radius 2 is 1.87 bits per heavy atom. The molecule has 0 spiro atoms. The molecule has 1 aliphatic rings. The Balaban J connectivity index is 2.97. The van der Waals surface area contributed by atoms with E-state index in [1.807, 2.05) is 0 Å². The molecule has 1 aliphatic heterocycles. The standard InChI is InChI=1S/C7H11IO7/c8-6(13)7(14)5(12)4(11)3(10)2(1-9)15-7/h2-5,9-12,14H,1H2. The second-order valence-electron chi connectivity index (χ2n) is 3.24. The summed E-state index contributed by atoms with van der Waals surface area (Å²) < 4.78 is 3.72. The van der Waals surface area contributed by atoms with Gasteiger partial charge in [-0.1, -0.05) is 0 Å². The summed E-state index contributed by atoms with van der Waals surface area (Å²) in [6, 6.07) is 0. The fourth-order valence-corrected chi connectivity index (χ4v) is 1.76. The number of carbonyl (C=O) groups excluding carboxylic acids is 1. The fraction of sp³-hybridized carbons (Fsp3) is 0.857. The van der Waals surface area contributed by atoms with Gasteiger partial charge in [0.2, 0.25) is 0 Å². The molecule has 0 saturated carbocycles. The fourth-order valence-electron chi connectivity index (χ4n) is 1.32. The van der Waals surface area contributed by atoms with Gasteiger partial charge in [0.25, 0.3) is 9.58 Å². The molecule has 1 saturated heterocycles. The average molecular weight is 334 g/mol. The van der Waals surface area contributed by atoms with Crippen molar-refractivity contribution in [3.63, 3.8) is 0 Å². The van der Waals surface area contributed by atoms with Crippen molar-refractivity contribution in [3.8, 4) is 0 Å². The average Bonchev–Trinajstić information content (AvgIpc) is 2.20. The Kier molecular flexibility index (Phi) is 4.03. The van der Waals surface area contributed by atoms with Crippen LogP contribution in [0, 0.1) is 0 Å². The van der Waals surface area contributed by atoms with Crippen molar-refractivity contribution < 1.29 is 35.1 Å². The highest BCUT2D eigenvalue weighted by atomic mass is 127. The molecule has 0 aromatic heterocycles. The van der Waals surface area contributed by atoms with Crippen molar-refractivity contribution in [2.24, 2.45) is 0 Å². The summed E-state index contributed by atoms with van der Waals surface area (Å²) >= 11 is 1.19. The van der Waals surface area contributed by atoms with Crippen LogP contribution in [0.4, 0.5) is 0 Å². The third kappa shape index (κ3) is 2.16. The van der Waals surface area contributed by atoms with Crippen molar-refractivity contribution in [1.29, 1.82) is 0 Å². The van der Waals surface area contributed by atoms with Gasteiger partial charge in [0, 0.05) is 22.6 Å². The Bertz CT molecular complexity index is 258. The van der Waals surface area contributed by atoms with E-state index < -0.39 is 40.6 Å². The largest absolute Gasteiger partial charge is 0.394 e. The molecule has 0 bridgehead atoms. The van der Waals surface area contributed by atoms with Gasteiger partial charge in [-0.3, -0.25) is 4.79 Å². The van der Waals surface area contributed by atoms with Crippen LogP contribution in [-0.2, 0) is 9.53 Å². The zero-order valence-electron chi connectivity index (χ0n) is 7.45. The van der Waals surface area contributed by atoms with Crippen LogP contribution in [0.2, 0.25) is 0 Å². The van der Waals surface area contributed by atoms with Crippen LogP contribution >= 0.6 is 22.6 Å². The quantitative estimate of drug-likeness (QED) is 0.271. The van der Waals surface area contributed by atoms with Gasteiger partial charge in [-0.15, -0.1) is 0 Å². The zero-order valence-corrected chi connectivity index (χ0v) is 9.60. The summed E-state index contributed by atoms with van der Waals surface area (Å²) in [5.74, 6) is -2.60. The summed E-state index contributed by atoms with van der Waals surface area (Å²) in [6.07, 6.45) is -6.62. The van der Waals surface area contributed by atoms with Gasteiger partial charge in [0.15, 0.2) is 0 Å². The van der Waals surface area contributed by atoms with Crippen LogP contribution in [0.25, 0.3) is 0 Å². The molecule has 0 amide bonds. The molecule has 1 rings (SSSR count). The van der Waals surface area contributed by atoms with Gasteiger partial charge in [0.1, 0.15) is 24.4 Å². The number of hydrogen-bond donors (Lipinski definition) is 5. The number of hydrogen-bond acceptors (Lipinski definition) is 7. The van der Waals surface area contributed by atoms with Crippen LogP contribution < -0.4 is 0 Å². The Morgan fingerprint density at radius 3 is 2.27 bits per heavy atom. The Labute approximate surface area is 98.4 Å². The van der Waals surface area contributed by atoms with E-state index in [-0.39, 0.29) is 0 Å². The van der Waals surface area contributed by atoms with Crippen molar-refractivity contribution in [3.05, 3.63) is 0 Å². The molecule has 0 aliphatic carbocycles. The number of aliphatic hydroxyl groups excluding tert-OH is 4. The smallest absolute Gasteiger partial charge is 0.266 e. The summed E-state index contributed by atoms with van der Waals surface area (Å²) in [5, 5.41) is 46.4. The summed E-state index contributed by atoms with van der Waals surface area (Å²) in [7, 11) is 0. The molecule has 88 valence electrons. The van der Waals surface area contributed by atoms with Crippen molar-refractivity contribution in [2.45, 2.75) is 30.2 Å². The highest BCUT2D eigenvalue weighted by Crippen LogP contribution is 2.30. The van der Waals surface area contributed by atoms with Crippen molar-refractivity contribution >= 4 is 26.4 Å². The summed E-state index contributed by atoms with van der Waals surface area (Å²) in [6.45, 7) is -0.697. The SMILES string of the molecule is O=C(I)C1(O)OC(CO)C(O)C(O)C1O. The third-order valence-electron chi connectivity index (χ3n) is 2.25. The highest BCUT2D eigenvalue weighted by molar-refractivity contribution is 14.1. The predicted octanol–water partition coefficient (Wildman–Crippen LogP) is -2.89. The molecule has 0 radical (unpaired) electrons. The van der Waals surface area contributed by atoms with Crippen molar-refractivity contribution in [2.75, 3.05) is 6.61 Å². The van der Waals surface area contributed by atoms with E-state index in [1.165, 1.54) is 22.6 Å². The van der Waals surface area contributed by atoms with E-state index in [0.29, 0.717) is 0 Å². The molecule has 15 heavy (non-hydrogen) atoms. The van der Waals surface area contributed by atoms with E-state index in [1.54, 1.807) is 0 Å². The Morgan fingerprint density at radius 1 is 1.33 bits per heavy atom. The van der Waals surface area contributed by atoms with Crippen LogP contribution in [0.15, 0.2) is 0 Å². The molecule has 5 unspecified atom stereocenters. The van der Waals surface area contributed by atoms with E-state index in [0.717, 1.165) is 0 Å². The maximum atomic E-state index is 11.0. The lowest BCUT2D eigenvalue weighted by molar-refractivity contribution is -0.326. The molecule has 8 heteroatoms. The first kappa shape index (κ1) is 13.2.